The first-order valence-electron chi connectivity index (χ1n) is 4.70. The van der Waals surface area contributed by atoms with Crippen LogP contribution in [-0.4, -0.2) is 62.5 Å². The fourth-order valence-corrected chi connectivity index (χ4v) is 2.32. The van der Waals surface area contributed by atoms with Gasteiger partial charge in [-0.1, -0.05) is 0 Å². The van der Waals surface area contributed by atoms with Gasteiger partial charge in [0.15, 0.2) is 0 Å². The fraction of sp³-hybridized carbons (Fsp3) is 0.750. The van der Waals surface area contributed by atoms with Gasteiger partial charge in [0.25, 0.3) is 10.1 Å². The third-order valence-corrected chi connectivity index (χ3v) is 2.91. The summed E-state index contributed by atoms with van der Waals surface area (Å²) in [6.45, 7) is -0.178. The summed E-state index contributed by atoms with van der Waals surface area (Å²) >= 11 is 0. The van der Waals surface area contributed by atoms with Crippen LogP contribution in [0.4, 0.5) is 4.79 Å². The molecular formula is C8H13NO7S. The third kappa shape index (κ3) is 3.56. The van der Waals surface area contributed by atoms with Gasteiger partial charge in [0.05, 0.1) is 26.0 Å². The summed E-state index contributed by atoms with van der Waals surface area (Å²) < 4.78 is 30.9. The van der Waals surface area contributed by atoms with Crippen molar-refractivity contribution in [3.8, 4) is 0 Å². The lowest BCUT2D eigenvalue weighted by molar-refractivity contribution is -0.145. The van der Waals surface area contributed by atoms with Crippen molar-refractivity contribution >= 4 is 22.2 Å². The number of hydrogen-bond donors (Lipinski definition) is 1. The van der Waals surface area contributed by atoms with Gasteiger partial charge < -0.3 is 9.84 Å². The number of methoxy groups -OCH3 is 1. The van der Waals surface area contributed by atoms with Crippen molar-refractivity contribution < 1.29 is 32.0 Å². The predicted molar refractivity (Wildman–Crippen MR) is 54.9 cm³/mol. The van der Waals surface area contributed by atoms with Crippen molar-refractivity contribution in [2.45, 2.75) is 18.6 Å². The first-order valence-corrected chi connectivity index (χ1v) is 6.52. The summed E-state index contributed by atoms with van der Waals surface area (Å²) in [4.78, 5) is 23.0. The summed E-state index contributed by atoms with van der Waals surface area (Å²) in [5.41, 5.74) is 0. The van der Waals surface area contributed by atoms with E-state index in [0.29, 0.717) is 0 Å². The van der Waals surface area contributed by atoms with Crippen LogP contribution in [0.1, 0.15) is 6.42 Å². The van der Waals surface area contributed by atoms with Gasteiger partial charge in [0.1, 0.15) is 6.04 Å². The van der Waals surface area contributed by atoms with E-state index in [-0.39, 0.29) is 13.0 Å². The number of carboxylic acid groups (broad SMARTS) is 1. The standard InChI is InChI=1S/C8H13NO7S/c1-15-7(10)6-3-5(16-17(2,13)14)4-9(6)8(11)12/h5-6H,3-4H2,1-2H3,(H,11,12). The molecular weight excluding hydrogens is 254 g/mol. The highest BCUT2D eigenvalue weighted by Gasteiger charge is 2.42. The Morgan fingerprint density at radius 3 is 2.41 bits per heavy atom. The molecule has 8 nitrogen and oxygen atoms in total. The molecule has 98 valence electrons. The Bertz CT molecular complexity index is 418. The number of nitrogens with zero attached hydrogens (tertiary/aromatic N) is 1. The SMILES string of the molecule is COC(=O)C1CC(OS(C)(=O)=O)CN1C(=O)O. The second kappa shape index (κ2) is 4.88. The molecule has 0 radical (unpaired) electrons. The Hall–Kier alpha value is -1.35. The highest BCUT2D eigenvalue weighted by atomic mass is 32.2. The van der Waals surface area contributed by atoms with Crippen LogP contribution in [-0.2, 0) is 23.8 Å². The maximum absolute atomic E-state index is 11.3. The second-order valence-corrected chi connectivity index (χ2v) is 5.23. The second-order valence-electron chi connectivity index (χ2n) is 3.63. The van der Waals surface area contributed by atoms with E-state index >= 15 is 0 Å². The number of esters is 1. The van der Waals surface area contributed by atoms with Gasteiger partial charge in [-0.2, -0.15) is 8.42 Å². The lowest BCUT2D eigenvalue weighted by atomic mass is 10.2. The van der Waals surface area contributed by atoms with E-state index in [1.807, 2.05) is 0 Å². The lowest BCUT2D eigenvalue weighted by Crippen LogP contribution is -2.40. The van der Waals surface area contributed by atoms with Crippen LogP contribution in [0.3, 0.4) is 0 Å². The van der Waals surface area contributed by atoms with Crippen molar-refractivity contribution in [1.82, 2.24) is 4.90 Å². The molecule has 0 aromatic rings. The molecule has 0 saturated carbocycles. The van der Waals surface area contributed by atoms with Crippen LogP contribution < -0.4 is 0 Å². The average molecular weight is 267 g/mol. The van der Waals surface area contributed by atoms with Crippen LogP contribution in [0.2, 0.25) is 0 Å². The van der Waals surface area contributed by atoms with Gasteiger partial charge in [-0.3, -0.25) is 9.08 Å². The van der Waals surface area contributed by atoms with Crippen molar-refractivity contribution in [2.24, 2.45) is 0 Å². The van der Waals surface area contributed by atoms with Gasteiger partial charge in [-0.25, -0.2) is 9.59 Å². The smallest absolute Gasteiger partial charge is 0.408 e. The van der Waals surface area contributed by atoms with Gasteiger partial charge >= 0.3 is 12.1 Å². The Labute approximate surface area is 98.2 Å². The van der Waals surface area contributed by atoms with E-state index in [1.54, 1.807) is 0 Å². The van der Waals surface area contributed by atoms with E-state index in [2.05, 4.69) is 8.92 Å². The molecule has 0 spiro atoms. The highest BCUT2D eigenvalue weighted by Crippen LogP contribution is 2.22. The van der Waals surface area contributed by atoms with Gasteiger partial charge in [0, 0.05) is 6.42 Å². The molecule has 1 fully saturated rings. The monoisotopic (exact) mass is 267 g/mol. The van der Waals surface area contributed by atoms with Crippen LogP contribution in [0.25, 0.3) is 0 Å². The van der Waals surface area contributed by atoms with Gasteiger partial charge in [0.2, 0.25) is 0 Å². The lowest BCUT2D eigenvalue weighted by Gasteiger charge is -2.18. The third-order valence-electron chi connectivity index (χ3n) is 2.29. The number of carbonyl (C=O) groups excluding carboxylic acids is 1. The Morgan fingerprint density at radius 2 is 2.00 bits per heavy atom. The predicted octanol–water partition coefficient (Wildman–Crippen LogP) is -0.743. The average Bonchev–Trinajstić information content (AvgIpc) is 2.57. The van der Waals surface area contributed by atoms with E-state index in [4.69, 9.17) is 5.11 Å². The minimum atomic E-state index is -3.68. The maximum Gasteiger partial charge on any atom is 0.408 e. The summed E-state index contributed by atoms with van der Waals surface area (Å²) in [6.07, 6.45) is -1.35. The number of rotatable bonds is 3. The molecule has 1 aliphatic heterocycles. The van der Waals surface area contributed by atoms with Gasteiger partial charge in [-0.05, 0) is 0 Å². The molecule has 2 atom stereocenters. The van der Waals surface area contributed by atoms with E-state index in [0.717, 1.165) is 18.3 Å². The summed E-state index contributed by atoms with van der Waals surface area (Å²) in [6, 6.07) is -1.02. The zero-order valence-corrected chi connectivity index (χ0v) is 10.1. The number of ether oxygens (including phenoxy) is 1. The molecule has 1 N–H and O–H groups in total. The maximum atomic E-state index is 11.3. The number of carbonyl (C=O) groups is 2. The molecule has 1 amide bonds. The molecule has 17 heavy (non-hydrogen) atoms. The molecule has 0 bridgehead atoms. The van der Waals surface area contributed by atoms with Crippen molar-refractivity contribution in [1.29, 1.82) is 0 Å². The molecule has 1 heterocycles. The summed E-state index contributed by atoms with van der Waals surface area (Å²) in [5, 5.41) is 8.86. The normalized spacial score (nSPS) is 24.7. The first-order chi connectivity index (χ1) is 7.74. The molecule has 0 aromatic carbocycles. The quantitative estimate of drug-likeness (QED) is 0.529. The Kier molecular flexibility index (Phi) is 3.94. The van der Waals surface area contributed by atoms with Crippen LogP contribution in [0.15, 0.2) is 0 Å². The largest absolute Gasteiger partial charge is 0.467 e. The zero-order chi connectivity index (χ0) is 13.2. The minimum Gasteiger partial charge on any atom is -0.467 e. The van der Waals surface area contributed by atoms with E-state index in [1.165, 1.54) is 0 Å². The fourth-order valence-electron chi connectivity index (χ4n) is 1.69. The van der Waals surface area contributed by atoms with Crippen molar-refractivity contribution in [2.75, 3.05) is 19.9 Å². The molecule has 2 unspecified atom stereocenters. The number of likely N-dealkylation sites (tertiary alicyclic amines) is 1. The zero-order valence-electron chi connectivity index (χ0n) is 9.32. The Balaban J connectivity index is 2.79. The van der Waals surface area contributed by atoms with E-state index < -0.39 is 34.3 Å². The van der Waals surface area contributed by atoms with Gasteiger partial charge in [-0.15, -0.1) is 0 Å². The molecule has 1 saturated heterocycles. The first kappa shape index (κ1) is 13.7. The van der Waals surface area contributed by atoms with Crippen LogP contribution in [0, 0.1) is 0 Å². The van der Waals surface area contributed by atoms with Crippen molar-refractivity contribution in [3.63, 3.8) is 0 Å². The highest BCUT2D eigenvalue weighted by molar-refractivity contribution is 7.86. The number of amides is 1. The molecule has 9 heteroatoms. The molecule has 0 aromatic heterocycles. The van der Waals surface area contributed by atoms with Crippen LogP contribution in [0.5, 0.6) is 0 Å². The minimum absolute atomic E-state index is 0.0357. The molecule has 0 aliphatic carbocycles. The molecule has 1 rings (SSSR count). The van der Waals surface area contributed by atoms with Crippen LogP contribution >= 0.6 is 0 Å². The summed E-state index contributed by atoms with van der Waals surface area (Å²) in [5.74, 6) is -0.730. The molecule has 1 aliphatic rings. The van der Waals surface area contributed by atoms with E-state index in [9.17, 15) is 18.0 Å². The Morgan fingerprint density at radius 1 is 1.41 bits per heavy atom. The van der Waals surface area contributed by atoms with Crippen molar-refractivity contribution in [3.05, 3.63) is 0 Å². The topological polar surface area (TPSA) is 110 Å². The number of hydrogen-bond acceptors (Lipinski definition) is 6. The summed E-state index contributed by atoms with van der Waals surface area (Å²) in [7, 11) is -2.55.